The maximum atomic E-state index is 15.9. The second-order valence-electron chi connectivity index (χ2n) is 12.5. The van der Waals surface area contributed by atoms with Crippen molar-refractivity contribution in [2.24, 2.45) is 0 Å². The van der Waals surface area contributed by atoms with Crippen LogP contribution < -0.4 is 10.6 Å². The molecule has 1 saturated carbocycles. The summed E-state index contributed by atoms with van der Waals surface area (Å²) in [6.45, 7) is 9.98. The van der Waals surface area contributed by atoms with Gasteiger partial charge in [-0.3, -0.25) is 4.98 Å². The van der Waals surface area contributed by atoms with Crippen LogP contribution in [0.1, 0.15) is 57.7 Å². The number of pyridine rings is 2. The maximum Gasteiger partial charge on any atom is 0.410 e. The van der Waals surface area contributed by atoms with Gasteiger partial charge in [0.25, 0.3) is 0 Å². The molecule has 0 spiro atoms. The molecule has 1 atom stereocenters. The number of ether oxygens (including phenoxy) is 1. The summed E-state index contributed by atoms with van der Waals surface area (Å²) in [6.07, 6.45) is 3.07. The van der Waals surface area contributed by atoms with E-state index in [2.05, 4.69) is 15.0 Å². The SMILES string of the molecule is Cc1ccnc(C2CC2)c1-n1c(=O)nc(N2CCN(C(=O)OC(C)(C)C)CC2C)c2cc(F)c(-c3c(O)cccc3F)nc21. The summed E-state index contributed by atoms with van der Waals surface area (Å²) in [6, 6.07) is 6.30. The van der Waals surface area contributed by atoms with E-state index in [-0.39, 0.29) is 41.9 Å². The average molecular weight is 605 g/mol. The van der Waals surface area contributed by atoms with E-state index >= 15 is 4.39 Å². The molecule has 1 aromatic carbocycles. The zero-order chi connectivity index (χ0) is 31.5. The van der Waals surface area contributed by atoms with Gasteiger partial charge in [-0.25, -0.2) is 27.9 Å². The number of hydrogen-bond acceptors (Lipinski definition) is 8. The molecule has 2 fully saturated rings. The van der Waals surface area contributed by atoms with Crippen molar-refractivity contribution >= 4 is 22.9 Å². The number of phenols is 1. The van der Waals surface area contributed by atoms with E-state index in [1.54, 1.807) is 37.9 Å². The van der Waals surface area contributed by atoms with Gasteiger partial charge in [-0.1, -0.05) is 6.07 Å². The summed E-state index contributed by atoms with van der Waals surface area (Å²) in [5.41, 5.74) is -0.130. The van der Waals surface area contributed by atoms with Crippen LogP contribution >= 0.6 is 0 Å². The van der Waals surface area contributed by atoms with Gasteiger partial charge in [0.15, 0.2) is 11.5 Å². The first-order chi connectivity index (χ1) is 20.8. The van der Waals surface area contributed by atoms with Crippen molar-refractivity contribution in [3.05, 3.63) is 69.9 Å². The van der Waals surface area contributed by atoms with Crippen LogP contribution in [-0.2, 0) is 4.74 Å². The van der Waals surface area contributed by atoms with Gasteiger partial charge in [0, 0.05) is 37.8 Å². The van der Waals surface area contributed by atoms with Gasteiger partial charge in [0.1, 0.15) is 28.7 Å². The Kier molecular flexibility index (Phi) is 7.25. The molecule has 0 bridgehead atoms. The van der Waals surface area contributed by atoms with E-state index in [1.807, 2.05) is 18.7 Å². The third-order valence-corrected chi connectivity index (χ3v) is 7.92. The molecule has 6 rings (SSSR count). The molecule has 10 nitrogen and oxygen atoms in total. The quantitative estimate of drug-likeness (QED) is 0.327. The van der Waals surface area contributed by atoms with Crippen LogP contribution in [0, 0.1) is 18.6 Å². The van der Waals surface area contributed by atoms with E-state index in [9.17, 15) is 19.1 Å². The van der Waals surface area contributed by atoms with Crippen molar-refractivity contribution in [3.8, 4) is 22.7 Å². The van der Waals surface area contributed by atoms with Gasteiger partial charge >= 0.3 is 11.8 Å². The third-order valence-electron chi connectivity index (χ3n) is 7.92. The van der Waals surface area contributed by atoms with Crippen LogP contribution in [0.25, 0.3) is 28.0 Å². The summed E-state index contributed by atoms with van der Waals surface area (Å²) in [5.74, 6) is -1.88. The number of fused-ring (bicyclic) bond motifs is 1. The number of phenolic OH excluding ortho intramolecular Hbond substituents is 1. The van der Waals surface area contributed by atoms with E-state index in [0.717, 1.165) is 24.5 Å². The number of carbonyl (C=O) groups is 1. The highest BCUT2D eigenvalue weighted by Crippen LogP contribution is 2.43. The van der Waals surface area contributed by atoms with Gasteiger partial charge in [0.2, 0.25) is 0 Å². The number of halogens is 2. The van der Waals surface area contributed by atoms with Crippen molar-refractivity contribution < 1.29 is 23.4 Å². The fourth-order valence-electron chi connectivity index (χ4n) is 5.73. The Balaban J connectivity index is 1.55. The van der Waals surface area contributed by atoms with Crippen molar-refractivity contribution in [2.75, 3.05) is 24.5 Å². The Labute approximate surface area is 252 Å². The molecule has 1 N–H and O–H groups in total. The summed E-state index contributed by atoms with van der Waals surface area (Å²) in [7, 11) is 0. The van der Waals surface area contributed by atoms with Gasteiger partial charge < -0.3 is 19.6 Å². The zero-order valence-electron chi connectivity index (χ0n) is 25.3. The van der Waals surface area contributed by atoms with Gasteiger partial charge in [-0.05, 0) is 77.3 Å². The molecule has 2 aliphatic rings. The lowest BCUT2D eigenvalue weighted by molar-refractivity contribution is 0.0218. The van der Waals surface area contributed by atoms with Crippen LogP contribution in [0.2, 0.25) is 0 Å². The van der Waals surface area contributed by atoms with Crippen LogP contribution in [-0.4, -0.2) is 66.9 Å². The lowest BCUT2D eigenvalue weighted by Crippen LogP contribution is -2.55. The normalized spacial score (nSPS) is 17.3. The Bertz CT molecular complexity index is 1830. The van der Waals surface area contributed by atoms with Gasteiger partial charge in [-0.2, -0.15) is 4.98 Å². The number of piperazine rings is 1. The van der Waals surface area contributed by atoms with Crippen molar-refractivity contribution in [3.63, 3.8) is 0 Å². The first-order valence-corrected chi connectivity index (χ1v) is 14.7. The zero-order valence-corrected chi connectivity index (χ0v) is 25.3. The topological polar surface area (TPSA) is 114 Å². The molecule has 3 aromatic heterocycles. The van der Waals surface area contributed by atoms with Crippen LogP contribution in [0.4, 0.5) is 19.4 Å². The standard InChI is InChI=1S/C32H34F2N6O4/c1-17-11-12-35-25(19-9-10-19)27(17)40-29-20(15-22(34)26(36-29)24-21(33)7-6-8-23(24)41)28(37-30(40)42)39-14-13-38(16-18(39)2)31(43)44-32(3,4)5/h6-8,11-12,15,18-19,41H,9-10,13-14,16H2,1-5H3. The molecule has 1 unspecified atom stereocenters. The second kappa shape index (κ2) is 10.8. The minimum Gasteiger partial charge on any atom is -0.507 e. The number of benzene rings is 1. The lowest BCUT2D eigenvalue weighted by atomic mass is 10.1. The summed E-state index contributed by atoms with van der Waals surface area (Å²) in [4.78, 5) is 43.8. The number of aromatic hydroxyl groups is 1. The number of nitrogens with zero attached hydrogens (tertiary/aromatic N) is 6. The summed E-state index contributed by atoms with van der Waals surface area (Å²) in [5, 5.41) is 10.7. The number of carbonyl (C=O) groups excluding carboxylic acids is 1. The smallest absolute Gasteiger partial charge is 0.410 e. The minimum atomic E-state index is -0.892. The molecule has 1 saturated heterocycles. The van der Waals surface area contributed by atoms with Crippen molar-refractivity contribution in [1.82, 2.24) is 24.4 Å². The first-order valence-electron chi connectivity index (χ1n) is 14.7. The monoisotopic (exact) mass is 604 g/mol. The molecule has 1 aliphatic heterocycles. The van der Waals surface area contributed by atoms with Crippen LogP contribution in [0.3, 0.4) is 0 Å². The molecule has 1 amide bonds. The largest absolute Gasteiger partial charge is 0.507 e. The fourth-order valence-corrected chi connectivity index (χ4v) is 5.73. The van der Waals surface area contributed by atoms with Crippen LogP contribution in [0.15, 0.2) is 41.3 Å². The predicted molar refractivity (Wildman–Crippen MR) is 161 cm³/mol. The number of aryl methyl sites for hydroxylation is 1. The number of anilines is 1. The molecular formula is C32H34F2N6O4. The first kappa shape index (κ1) is 29.5. The number of hydrogen-bond donors (Lipinski definition) is 1. The van der Waals surface area contributed by atoms with E-state index in [0.29, 0.717) is 17.9 Å². The minimum absolute atomic E-state index is 0.0545. The van der Waals surface area contributed by atoms with Crippen LogP contribution in [0.5, 0.6) is 5.75 Å². The Morgan fingerprint density at radius 1 is 1.09 bits per heavy atom. The molecule has 0 radical (unpaired) electrons. The average Bonchev–Trinajstić information content (AvgIpc) is 3.78. The lowest BCUT2D eigenvalue weighted by Gasteiger charge is -2.41. The number of amides is 1. The van der Waals surface area contributed by atoms with Crippen molar-refractivity contribution in [1.29, 1.82) is 0 Å². The molecule has 1 aliphatic carbocycles. The highest BCUT2D eigenvalue weighted by atomic mass is 19.1. The predicted octanol–water partition coefficient (Wildman–Crippen LogP) is 5.46. The molecule has 230 valence electrons. The highest BCUT2D eigenvalue weighted by molar-refractivity contribution is 5.91. The molecular weight excluding hydrogens is 570 g/mol. The Hall–Kier alpha value is -4.61. The highest BCUT2D eigenvalue weighted by Gasteiger charge is 2.34. The second-order valence-corrected chi connectivity index (χ2v) is 12.5. The fraction of sp³-hybridized carbons (Fsp3) is 0.406. The molecule has 12 heteroatoms. The van der Waals surface area contributed by atoms with E-state index in [1.165, 1.54) is 22.8 Å². The number of aromatic nitrogens is 4. The van der Waals surface area contributed by atoms with Gasteiger partial charge in [-0.15, -0.1) is 0 Å². The third kappa shape index (κ3) is 5.33. The van der Waals surface area contributed by atoms with E-state index in [4.69, 9.17) is 4.74 Å². The Morgan fingerprint density at radius 2 is 1.84 bits per heavy atom. The van der Waals surface area contributed by atoms with E-state index < -0.39 is 46.0 Å². The van der Waals surface area contributed by atoms with Gasteiger partial charge in [0.05, 0.1) is 22.3 Å². The summed E-state index contributed by atoms with van der Waals surface area (Å²) < 4.78 is 37.7. The molecule has 44 heavy (non-hydrogen) atoms. The Morgan fingerprint density at radius 3 is 2.50 bits per heavy atom. The molecule has 4 aromatic rings. The summed E-state index contributed by atoms with van der Waals surface area (Å²) >= 11 is 0. The molecule has 4 heterocycles. The number of rotatable bonds is 4. The van der Waals surface area contributed by atoms with Crippen molar-refractivity contribution in [2.45, 2.75) is 65.0 Å². The maximum absolute atomic E-state index is 15.9.